The Morgan fingerprint density at radius 1 is 1.55 bits per heavy atom. The van der Waals surface area contributed by atoms with Crippen LogP contribution >= 0.6 is 39.3 Å². The Balaban J connectivity index is 1.94. The van der Waals surface area contributed by atoms with Gasteiger partial charge in [-0.25, -0.2) is 0 Å². The fraction of sp³-hybridized carbons (Fsp3) is 0.600. The molecule has 20 heavy (non-hydrogen) atoms. The monoisotopic (exact) mass is 376 g/mol. The van der Waals surface area contributed by atoms with E-state index in [1.807, 2.05) is 13.1 Å². The molecule has 1 N–H and O–H groups in total. The second-order valence-electron chi connectivity index (χ2n) is 5.29. The number of nitrogens with one attached hydrogen (secondary N) is 1. The van der Waals surface area contributed by atoms with Crippen molar-refractivity contribution in [2.24, 2.45) is 0 Å². The third kappa shape index (κ3) is 4.38. The number of benzene rings is 1. The van der Waals surface area contributed by atoms with E-state index in [4.69, 9.17) is 11.6 Å². The fourth-order valence-electron chi connectivity index (χ4n) is 2.62. The van der Waals surface area contributed by atoms with Crippen molar-refractivity contribution in [3.63, 3.8) is 0 Å². The lowest BCUT2D eigenvalue weighted by molar-refractivity contribution is 0.248. The molecule has 112 valence electrons. The molecular weight excluding hydrogens is 356 g/mol. The molecule has 0 aliphatic carbocycles. The minimum absolute atomic E-state index is 0.312. The molecule has 0 bridgehead atoms. The Kier molecular flexibility index (Phi) is 6.69. The summed E-state index contributed by atoms with van der Waals surface area (Å²) in [5, 5.41) is 4.22. The summed E-state index contributed by atoms with van der Waals surface area (Å²) in [7, 11) is 4.25. The summed E-state index contributed by atoms with van der Waals surface area (Å²) in [5.74, 6) is 2.59. The average Bonchev–Trinajstić information content (AvgIpc) is 2.95. The van der Waals surface area contributed by atoms with Gasteiger partial charge in [0.15, 0.2) is 0 Å². The van der Waals surface area contributed by atoms with Crippen molar-refractivity contribution in [3.8, 4) is 0 Å². The normalized spacial score (nSPS) is 20.6. The van der Waals surface area contributed by atoms with Crippen molar-refractivity contribution >= 4 is 39.3 Å². The van der Waals surface area contributed by atoms with Crippen LogP contribution in [-0.2, 0) is 0 Å². The standard InChI is InChI=1S/C15H22BrClN2S/c1-18-15(13-4-3-11(16)9-14(13)17)5-7-19(2)12-6-8-20-10-12/h3-4,9,12,15,18H,5-8,10H2,1-2H3. The summed E-state index contributed by atoms with van der Waals surface area (Å²) in [6.45, 7) is 1.10. The molecule has 0 amide bonds. The van der Waals surface area contributed by atoms with E-state index in [1.54, 1.807) is 0 Å². The smallest absolute Gasteiger partial charge is 0.0465 e. The Bertz CT molecular complexity index is 438. The largest absolute Gasteiger partial charge is 0.313 e. The Hall–Kier alpha value is 0.260. The first-order chi connectivity index (χ1) is 9.61. The predicted molar refractivity (Wildman–Crippen MR) is 93.9 cm³/mol. The molecule has 1 fully saturated rings. The molecule has 2 rings (SSSR count). The molecule has 2 atom stereocenters. The van der Waals surface area contributed by atoms with Gasteiger partial charge in [-0.3, -0.25) is 0 Å². The van der Waals surface area contributed by atoms with E-state index in [-0.39, 0.29) is 0 Å². The molecule has 0 aromatic heterocycles. The van der Waals surface area contributed by atoms with Crippen LogP contribution in [0.25, 0.3) is 0 Å². The topological polar surface area (TPSA) is 15.3 Å². The number of hydrogen-bond donors (Lipinski definition) is 1. The van der Waals surface area contributed by atoms with E-state index in [9.17, 15) is 0 Å². The maximum atomic E-state index is 6.36. The molecule has 1 aliphatic heterocycles. The summed E-state index contributed by atoms with van der Waals surface area (Å²) in [6, 6.07) is 7.20. The lowest BCUT2D eigenvalue weighted by Gasteiger charge is -2.26. The predicted octanol–water partition coefficient (Wildman–Crippen LogP) is 4.19. The first-order valence-corrected chi connectivity index (χ1v) is 9.34. The Morgan fingerprint density at radius 2 is 2.35 bits per heavy atom. The van der Waals surface area contributed by atoms with Gasteiger partial charge in [-0.1, -0.05) is 33.6 Å². The van der Waals surface area contributed by atoms with Crippen LogP contribution in [0.5, 0.6) is 0 Å². The van der Waals surface area contributed by atoms with Gasteiger partial charge in [0.25, 0.3) is 0 Å². The minimum Gasteiger partial charge on any atom is -0.313 e. The van der Waals surface area contributed by atoms with E-state index >= 15 is 0 Å². The van der Waals surface area contributed by atoms with Crippen molar-refractivity contribution in [2.75, 3.05) is 32.1 Å². The zero-order valence-electron chi connectivity index (χ0n) is 12.0. The molecule has 0 saturated carbocycles. The highest BCUT2D eigenvalue weighted by molar-refractivity contribution is 9.10. The maximum Gasteiger partial charge on any atom is 0.0465 e. The zero-order valence-corrected chi connectivity index (χ0v) is 15.2. The third-order valence-electron chi connectivity index (χ3n) is 3.99. The van der Waals surface area contributed by atoms with Gasteiger partial charge in [0.2, 0.25) is 0 Å². The lowest BCUT2D eigenvalue weighted by atomic mass is 10.0. The Labute approximate surface area is 139 Å². The van der Waals surface area contributed by atoms with Gasteiger partial charge < -0.3 is 10.2 Å². The summed E-state index contributed by atoms with van der Waals surface area (Å²) in [5.41, 5.74) is 1.19. The van der Waals surface area contributed by atoms with Gasteiger partial charge in [0.1, 0.15) is 0 Å². The SMILES string of the molecule is CNC(CCN(C)C1CCSC1)c1ccc(Br)cc1Cl. The van der Waals surface area contributed by atoms with E-state index < -0.39 is 0 Å². The third-order valence-corrected chi connectivity index (χ3v) is 5.95. The number of thioether (sulfide) groups is 1. The van der Waals surface area contributed by atoms with Crippen LogP contribution in [0.2, 0.25) is 5.02 Å². The molecule has 5 heteroatoms. The van der Waals surface area contributed by atoms with E-state index in [0.29, 0.717) is 6.04 Å². The van der Waals surface area contributed by atoms with Gasteiger partial charge >= 0.3 is 0 Å². The van der Waals surface area contributed by atoms with Gasteiger partial charge in [-0.2, -0.15) is 11.8 Å². The van der Waals surface area contributed by atoms with Crippen molar-refractivity contribution in [1.29, 1.82) is 0 Å². The van der Waals surface area contributed by atoms with Crippen molar-refractivity contribution in [1.82, 2.24) is 10.2 Å². The van der Waals surface area contributed by atoms with Crippen LogP contribution in [0, 0.1) is 0 Å². The van der Waals surface area contributed by atoms with Crippen LogP contribution in [0.4, 0.5) is 0 Å². The quantitative estimate of drug-likeness (QED) is 0.800. The molecule has 0 spiro atoms. The molecular formula is C15H22BrClN2S. The molecule has 2 nitrogen and oxygen atoms in total. The van der Waals surface area contributed by atoms with Crippen LogP contribution in [0.1, 0.15) is 24.4 Å². The molecule has 0 radical (unpaired) electrons. The zero-order chi connectivity index (χ0) is 14.5. The number of halogens is 2. The fourth-order valence-corrected chi connectivity index (χ4v) is 4.73. The first kappa shape index (κ1) is 16.6. The average molecular weight is 378 g/mol. The summed E-state index contributed by atoms with van der Waals surface area (Å²) < 4.78 is 1.03. The van der Waals surface area contributed by atoms with Crippen LogP contribution in [0.3, 0.4) is 0 Å². The van der Waals surface area contributed by atoms with Crippen molar-refractivity contribution in [2.45, 2.75) is 24.9 Å². The molecule has 1 aliphatic rings. The highest BCUT2D eigenvalue weighted by Crippen LogP contribution is 2.29. The summed E-state index contributed by atoms with van der Waals surface area (Å²) in [6.07, 6.45) is 2.40. The van der Waals surface area contributed by atoms with Crippen LogP contribution in [0.15, 0.2) is 22.7 Å². The number of hydrogen-bond acceptors (Lipinski definition) is 3. The van der Waals surface area contributed by atoms with E-state index in [2.05, 4.69) is 57.1 Å². The van der Waals surface area contributed by atoms with Gasteiger partial charge in [0.05, 0.1) is 0 Å². The molecule has 1 aromatic rings. The maximum absolute atomic E-state index is 6.36. The summed E-state index contributed by atoms with van der Waals surface area (Å²) >= 11 is 11.9. The van der Waals surface area contributed by atoms with Crippen LogP contribution in [-0.4, -0.2) is 43.1 Å². The highest BCUT2D eigenvalue weighted by atomic mass is 79.9. The molecule has 1 aromatic carbocycles. The molecule has 1 heterocycles. The Morgan fingerprint density at radius 3 is 2.95 bits per heavy atom. The van der Waals surface area contributed by atoms with E-state index in [0.717, 1.165) is 28.5 Å². The summed E-state index contributed by atoms with van der Waals surface area (Å²) in [4.78, 5) is 2.50. The second kappa shape index (κ2) is 8.04. The molecule has 2 unspecified atom stereocenters. The molecule has 1 saturated heterocycles. The van der Waals surface area contributed by atoms with Gasteiger partial charge in [-0.15, -0.1) is 0 Å². The van der Waals surface area contributed by atoms with E-state index in [1.165, 1.54) is 23.5 Å². The number of nitrogens with zero attached hydrogens (tertiary/aromatic N) is 1. The lowest BCUT2D eigenvalue weighted by Crippen LogP contribution is -2.34. The van der Waals surface area contributed by atoms with Gasteiger partial charge in [-0.05, 0) is 56.9 Å². The van der Waals surface area contributed by atoms with Crippen molar-refractivity contribution in [3.05, 3.63) is 33.3 Å². The first-order valence-electron chi connectivity index (χ1n) is 7.02. The van der Waals surface area contributed by atoms with Gasteiger partial charge in [0, 0.05) is 27.3 Å². The van der Waals surface area contributed by atoms with Crippen molar-refractivity contribution < 1.29 is 0 Å². The number of rotatable bonds is 6. The van der Waals surface area contributed by atoms with Crippen LogP contribution < -0.4 is 5.32 Å². The minimum atomic E-state index is 0.312. The highest BCUT2D eigenvalue weighted by Gasteiger charge is 2.21. The second-order valence-corrected chi connectivity index (χ2v) is 7.77.